The topological polar surface area (TPSA) is 24.5 Å². The Labute approximate surface area is 88.8 Å². The number of nitrogens with zero attached hydrogens (tertiary/aromatic N) is 1. The van der Waals surface area contributed by atoms with Crippen LogP contribution in [-0.4, -0.2) is 51.3 Å². The van der Waals surface area contributed by atoms with E-state index in [4.69, 9.17) is 4.74 Å². The van der Waals surface area contributed by atoms with Gasteiger partial charge in [0.25, 0.3) is 0 Å². The molecule has 0 bridgehead atoms. The van der Waals surface area contributed by atoms with Crippen molar-refractivity contribution in [2.45, 2.75) is 26.7 Å². The van der Waals surface area contributed by atoms with E-state index in [2.05, 4.69) is 10.2 Å². The maximum atomic E-state index is 4.94. The van der Waals surface area contributed by atoms with E-state index in [1.54, 1.807) is 7.11 Å². The van der Waals surface area contributed by atoms with E-state index in [-0.39, 0.29) is 0 Å². The Morgan fingerprint density at radius 2 is 1.79 bits per heavy atom. The van der Waals surface area contributed by atoms with Crippen LogP contribution in [0.25, 0.3) is 0 Å². The Bertz CT molecular complexity index is 103. The quantitative estimate of drug-likeness (QED) is 0.658. The minimum Gasteiger partial charge on any atom is -0.383 e. The molecule has 1 rings (SSSR count). The summed E-state index contributed by atoms with van der Waals surface area (Å²) in [6.45, 7) is 10.7. The van der Waals surface area contributed by atoms with Gasteiger partial charge >= 0.3 is 0 Å². The summed E-state index contributed by atoms with van der Waals surface area (Å²) in [4.78, 5) is 2.51. The summed E-state index contributed by atoms with van der Waals surface area (Å²) in [6, 6.07) is 0. The van der Waals surface area contributed by atoms with Crippen LogP contribution in [0, 0.1) is 0 Å². The van der Waals surface area contributed by atoms with E-state index in [9.17, 15) is 0 Å². The second-order valence-corrected chi connectivity index (χ2v) is 3.29. The Morgan fingerprint density at radius 1 is 1.14 bits per heavy atom. The van der Waals surface area contributed by atoms with Crippen molar-refractivity contribution in [3.05, 3.63) is 0 Å². The molecule has 1 heterocycles. The van der Waals surface area contributed by atoms with Gasteiger partial charge in [0, 0.05) is 26.7 Å². The number of likely N-dealkylation sites (tertiary alicyclic amines) is 1. The van der Waals surface area contributed by atoms with Gasteiger partial charge in [-0.3, -0.25) is 0 Å². The first kappa shape index (κ1) is 13.9. The summed E-state index contributed by atoms with van der Waals surface area (Å²) in [5.41, 5.74) is 0. The normalized spacial score (nSPS) is 16.5. The van der Waals surface area contributed by atoms with Gasteiger partial charge in [-0.1, -0.05) is 13.8 Å². The first-order valence-corrected chi connectivity index (χ1v) is 5.85. The van der Waals surface area contributed by atoms with E-state index < -0.39 is 0 Å². The Morgan fingerprint density at radius 3 is 2.36 bits per heavy atom. The number of hydrogen-bond donors (Lipinski definition) is 1. The lowest BCUT2D eigenvalue weighted by molar-refractivity contribution is 0.198. The molecule has 3 heteroatoms. The number of hydrogen-bond acceptors (Lipinski definition) is 3. The van der Waals surface area contributed by atoms with Crippen LogP contribution in [0.15, 0.2) is 0 Å². The summed E-state index contributed by atoms with van der Waals surface area (Å²) in [5, 5.41) is 3.35. The summed E-state index contributed by atoms with van der Waals surface area (Å²) in [6.07, 6.45) is 2.77. The number of methoxy groups -OCH3 is 1. The first-order chi connectivity index (χ1) is 6.93. The molecule has 1 N–H and O–H groups in total. The molecular formula is C11H26N2O. The molecule has 0 amide bonds. The maximum absolute atomic E-state index is 4.94. The van der Waals surface area contributed by atoms with Gasteiger partial charge in [0.05, 0.1) is 6.61 Å². The number of rotatable bonds is 6. The molecule has 0 aromatic heterocycles. The zero-order valence-corrected chi connectivity index (χ0v) is 10.0. The SMILES string of the molecule is CC.COCCNCCN1CCCC1. The van der Waals surface area contributed by atoms with Crippen molar-refractivity contribution in [1.82, 2.24) is 10.2 Å². The highest BCUT2D eigenvalue weighted by atomic mass is 16.5. The van der Waals surface area contributed by atoms with Crippen LogP contribution in [0.2, 0.25) is 0 Å². The van der Waals surface area contributed by atoms with Crippen LogP contribution < -0.4 is 5.32 Å². The molecule has 0 aromatic carbocycles. The van der Waals surface area contributed by atoms with E-state index in [1.807, 2.05) is 13.8 Å². The van der Waals surface area contributed by atoms with Gasteiger partial charge in [-0.25, -0.2) is 0 Å². The van der Waals surface area contributed by atoms with Gasteiger partial charge < -0.3 is 15.0 Å². The van der Waals surface area contributed by atoms with Gasteiger partial charge in [-0.2, -0.15) is 0 Å². The minimum atomic E-state index is 0.819. The maximum Gasteiger partial charge on any atom is 0.0587 e. The molecule has 0 unspecified atom stereocenters. The fourth-order valence-corrected chi connectivity index (χ4v) is 1.54. The summed E-state index contributed by atoms with van der Waals surface area (Å²) in [5.74, 6) is 0. The number of ether oxygens (including phenoxy) is 1. The fourth-order valence-electron chi connectivity index (χ4n) is 1.54. The average Bonchev–Trinajstić information content (AvgIpc) is 2.74. The second kappa shape index (κ2) is 11.0. The third-order valence-corrected chi connectivity index (χ3v) is 2.29. The summed E-state index contributed by atoms with van der Waals surface area (Å²) >= 11 is 0. The highest BCUT2D eigenvalue weighted by Gasteiger charge is 2.09. The van der Waals surface area contributed by atoms with Gasteiger partial charge in [0.15, 0.2) is 0 Å². The molecule has 0 atom stereocenters. The fraction of sp³-hybridized carbons (Fsp3) is 1.00. The first-order valence-electron chi connectivity index (χ1n) is 5.85. The van der Waals surface area contributed by atoms with Crippen molar-refractivity contribution in [3.8, 4) is 0 Å². The molecule has 0 aromatic rings. The minimum absolute atomic E-state index is 0.819. The van der Waals surface area contributed by atoms with E-state index >= 15 is 0 Å². The van der Waals surface area contributed by atoms with Crippen molar-refractivity contribution >= 4 is 0 Å². The van der Waals surface area contributed by atoms with Crippen molar-refractivity contribution in [2.24, 2.45) is 0 Å². The smallest absolute Gasteiger partial charge is 0.0587 e. The zero-order chi connectivity index (χ0) is 10.6. The second-order valence-electron chi connectivity index (χ2n) is 3.29. The van der Waals surface area contributed by atoms with Gasteiger partial charge in [0.1, 0.15) is 0 Å². The third-order valence-electron chi connectivity index (χ3n) is 2.29. The third kappa shape index (κ3) is 7.30. The Kier molecular flexibility index (Phi) is 10.9. The Balaban J connectivity index is 0.000000791. The molecule has 0 spiro atoms. The van der Waals surface area contributed by atoms with Crippen LogP contribution in [-0.2, 0) is 4.74 Å². The molecule has 1 aliphatic heterocycles. The van der Waals surface area contributed by atoms with E-state index in [1.165, 1.54) is 32.5 Å². The standard InChI is InChI=1S/C9H20N2O.C2H6/c1-12-9-5-10-4-8-11-6-2-3-7-11;1-2/h10H,2-9H2,1H3;1-2H3. The zero-order valence-electron chi connectivity index (χ0n) is 10.0. The lowest BCUT2D eigenvalue weighted by Gasteiger charge is -2.14. The summed E-state index contributed by atoms with van der Waals surface area (Å²) < 4.78 is 4.94. The van der Waals surface area contributed by atoms with Gasteiger partial charge in [-0.05, 0) is 25.9 Å². The van der Waals surface area contributed by atoms with Crippen LogP contribution in [0.4, 0.5) is 0 Å². The number of nitrogens with one attached hydrogen (secondary N) is 1. The molecule has 86 valence electrons. The molecular weight excluding hydrogens is 176 g/mol. The van der Waals surface area contributed by atoms with E-state index in [0.29, 0.717) is 0 Å². The largest absolute Gasteiger partial charge is 0.383 e. The predicted molar refractivity (Wildman–Crippen MR) is 61.8 cm³/mol. The van der Waals surface area contributed by atoms with Crippen molar-refractivity contribution in [1.29, 1.82) is 0 Å². The molecule has 1 saturated heterocycles. The predicted octanol–water partition coefficient (Wildman–Crippen LogP) is 1.34. The molecule has 0 saturated carbocycles. The van der Waals surface area contributed by atoms with Crippen LogP contribution >= 0.6 is 0 Å². The van der Waals surface area contributed by atoms with Gasteiger partial charge in [-0.15, -0.1) is 0 Å². The van der Waals surface area contributed by atoms with Gasteiger partial charge in [0.2, 0.25) is 0 Å². The molecule has 0 aliphatic carbocycles. The lowest BCUT2D eigenvalue weighted by Crippen LogP contribution is -2.31. The highest BCUT2D eigenvalue weighted by molar-refractivity contribution is 4.66. The van der Waals surface area contributed by atoms with Crippen LogP contribution in [0.1, 0.15) is 26.7 Å². The van der Waals surface area contributed by atoms with Crippen LogP contribution in [0.3, 0.4) is 0 Å². The monoisotopic (exact) mass is 202 g/mol. The van der Waals surface area contributed by atoms with Crippen molar-refractivity contribution in [3.63, 3.8) is 0 Å². The van der Waals surface area contributed by atoms with Crippen molar-refractivity contribution < 1.29 is 4.74 Å². The van der Waals surface area contributed by atoms with E-state index in [0.717, 1.165) is 19.7 Å². The highest BCUT2D eigenvalue weighted by Crippen LogP contribution is 2.05. The summed E-state index contributed by atoms with van der Waals surface area (Å²) in [7, 11) is 1.74. The molecule has 1 aliphatic rings. The molecule has 1 fully saturated rings. The molecule has 0 radical (unpaired) electrons. The molecule has 14 heavy (non-hydrogen) atoms. The molecule has 3 nitrogen and oxygen atoms in total. The lowest BCUT2D eigenvalue weighted by atomic mass is 10.4. The van der Waals surface area contributed by atoms with Crippen LogP contribution in [0.5, 0.6) is 0 Å². The Hall–Kier alpha value is -0.120. The van der Waals surface area contributed by atoms with Crippen molar-refractivity contribution in [2.75, 3.05) is 46.4 Å². The average molecular weight is 202 g/mol.